The molecule has 2 nitrogen and oxygen atoms in total. The highest BCUT2D eigenvalue weighted by molar-refractivity contribution is 4.78. The van der Waals surface area contributed by atoms with Gasteiger partial charge in [-0.25, -0.2) is 0 Å². The molecule has 0 saturated carbocycles. The van der Waals surface area contributed by atoms with Crippen LogP contribution in [0.2, 0.25) is 0 Å². The van der Waals surface area contributed by atoms with E-state index in [2.05, 4.69) is 6.92 Å². The summed E-state index contributed by atoms with van der Waals surface area (Å²) in [6.45, 7) is 8.06. The average molecular weight is 326 g/mol. The molecule has 0 bridgehead atoms. The number of rotatable bonds is 13. The SMILES string of the molecule is CCCCCCCCC(CC(F)(F)F)C(C)(OCC)OCC. The quantitative estimate of drug-likeness (QED) is 0.301. The summed E-state index contributed by atoms with van der Waals surface area (Å²) in [6, 6.07) is 0. The van der Waals surface area contributed by atoms with Gasteiger partial charge in [-0.1, -0.05) is 45.4 Å². The van der Waals surface area contributed by atoms with E-state index in [1.54, 1.807) is 20.8 Å². The Balaban J connectivity index is 4.59. The van der Waals surface area contributed by atoms with Gasteiger partial charge in [-0.2, -0.15) is 13.2 Å². The maximum Gasteiger partial charge on any atom is 0.389 e. The fourth-order valence-electron chi connectivity index (χ4n) is 2.85. The molecule has 0 rings (SSSR count). The van der Waals surface area contributed by atoms with Crippen LogP contribution in [0.1, 0.15) is 79.1 Å². The Morgan fingerprint density at radius 3 is 1.77 bits per heavy atom. The van der Waals surface area contributed by atoms with E-state index in [0.717, 1.165) is 25.7 Å². The maximum absolute atomic E-state index is 12.9. The van der Waals surface area contributed by atoms with Gasteiger partial charge in [-0.3, -0.25) is 0 Å². The zero-order valence-corrected chi connectivity index (χ0v) is 14.6. The minimum Gasteiger partial charge on any atom is -0.350 e. The van der Waals surface area contributed by atoms with Gasteiger partial charge in [0.2, 0.25) is 0 Å². The van der Waals surface area contributed by atoms with Crippen LogP contribution in [-0.4, -0.2) is 25.2 Å². The largest absolute Gasteiger partial charge is 0.389 e. The van der Waals surface area contributed by atoms with Crippen molar-refractivity contribution >= 4 is 0 Å². The molecule has 0 saturated heterocycles. The average Bonchev–Trinajstić information content (AvgIpc) is 2.40. The normalized spacial score (nSPS) is 14.3. The number of hydrogen-bond acceptors (Lipinski definition) is 2. The van der Waals surface area contributed by atoms with Crippen LogP contribution < -0.4 is 0 Å². The van der Waals surface area contributed by atoms with Crippen molar-refractivity contribution in [3.63, 3.8) is 0 Å². The minimum absolute atomic E-state index is 0.349. The Bertz CT molecular complexity index is 261. The third kappa shape index (κ3) is 9.67. The van der Waals surface area contributed by atoms with Gasteiger partial charge in [-0.05, 0) is 27.2 Å². The van der Waals surface area contributed by atoms with Crippen LogP contribution in [0.3, 0.4) is 0 Å². The lowest BCUT2D eigenvalue weighted by molar-refractivity contribution is -0.272. The summed E-state index contributed by atoms with van der Waals surface area (Å²) in [6.07, 6.45) is 1.83. The summed E-state index contributed by atoms with van der Waals surface area (Å²) in [5, 5.41) is 0. The Kier molecular flexibility index (Phi) is 11.1. The summed E-state index contributed by atoms with van der Waals surface area (Å²) in [7, 11) is 0. The van der Waals surface area contributed by atoms with Gasteiger partial charge >= 0.3 is 6.18 Å². The predicted octanol–water partition coefficient (Wildman–Crippen LogP) is 6.09. The van der Waals surface area contributed by atoms with Gasteiger partial charge in [0.15, 0.2) is 5.79 Å². The van der Waals surface area contributed by atoms with E-state index in [4.69, 9.17) is 9.47 Å². The fourth-order valence-corrected chi connectivity index (χ4v) is 2.85. The zero-order valence-electron chi connectivity index (χ0n) is 14.6. The van der Waals surface area contributed by atoms with Crippen LogP contribution in [0.15, 0.2) is 0 Å². The van der Waals surface area contributed by atoms with Crippen molar-refractivity contribution in [1.82, 2.24) is 0 Å². The Hall–Kier alpha value is -0.290. The molecule has 0 amide bonds. The lowest BCUT2D eigenvalue weighted by Crippen LogP contribution is -2.43. The molecule has 0 aromatic heterocycles. The van der Waals surface area contributed by atoms with Crippen molar-refractivity contribution in [1.29, 1.82) is 0 Å². The molecule has 22 heavy (non-hydrogen) atoms. The summed E-state index contributed by atoms with van der Waals surface area (Å²) < 4.78 is 49.7. The van der Waals surface area contributed by atoms with Gasteiger partial charge in [0, 0.05) is 19.1 Å². The molecular weight excluding hydrogens is 293 g/mol. The molecule has 0 radical (unpaired) electrons. The maximum atomic E-state index is 12.9. The Labute approximate surface area is 133 Å². The lowest BCUT2D eigenvalue weighted by Gasteiger charge is -2.37. The fraction of sp³-hybridized carbons (Fsp3) is 1.00. The second kappa shape index (κ2) is 11.3. The molecular formula is C17H33F3O2. The first-order chi connectivity index (χ1) is 10.3. The van der Waals surface area contributed by atoms with Crippen molar-refractivity contribution in [3.8, 4) is 0 Å². The molecule has 0 aliphatic heterocycles. The molecule has 0 aliphatic carbocycles. The van der Waals surface area contributed by atoms with E-state index in [9.17, 15) is 13.2 Å². The molecule has 0 N–H and O–H groups in total. The van der Waals surface area contributed by atoms with Crippen LogP contribution in [0.4, 0.5) is 13.2 Å². The molecule has 1 unspecified atom stereocenters. The number of ether oxygens (including phenoxy) is 2. The van der Waals surface area contributed by atoms with Crippen LogP contribution in [-0.2, 0) is 9.47 Å². The van der Waals surface area contributed by atoms with Crippen LogP contribution in [0, 0.1) is 5.92 Å². The van der Waals surface area contributed by atoms with E-state index >= 15 is 0 Å². The van der Waals surface area contributed by atoms with Gasteiger partial charge in [0.1, 0.15) is 0 Å². The number of unbranched alkanes of at least 4 members (excludes halogenated alkanes) is 5. The highest BCUT2D eigenvalue weighted by Crippen LogP contribution is 2.37. The van der Waals surface area contributed by atoms with Crippen LogP contribution in [0.25, 0.3) is 0 Å². The molecule has 134 valence electrons. The summed E-state index contributed by atoms with van der Waals surface area (Å²) in [5.74, 6) is -1.80. The molecule has 0 spiro atoms. The minimum atomic E-state index is -4.19. The standard InChI is InChI=1S/C17H33F3O2/c1-5-8-9-10-11-12-13-15(14-17(18,19)20)16(4,21-6-2)22-7-3/h15H,5-14H2,1-4H3. The Morgan fingerprint density at radius 1 is 0.818 bits per heavy atom. The molecule has 0 aromatic rings. The van der Waals surface area contributed by atoms with Crippen molar-refractivity contribution in [2.24, 2.45) is 5.92 Å². The molecule has 5 heteroatoms. The smallest absolute Gasteiger partial charge is 0.350 e. The van der Waals surface area contributed by atoms with Gasteiger partial charge in [0.05, 0.1) is 6.42 Å². The summed E-state index contributed by atoms with van der Waals surface area (Å²) >= 11 is 0. The molecule has 1 atom stereocenters. The summed E-state index contributed by atoms with van der Waals surface area (Å²) in [4.78, 5) is 0. The Morgan fingerprint density at radius 2 is 1.32 bits per heavy atom. The number of halogens is 3. The third-order valence-corrected chi connectivity index (χ3v) is 3.99. The molecule has 0 heterocycles. The van der Waals surface area contributed by atoms with E-state index in [-0.39, 0.29) is 0 Å². The van der Waals surface area contributed by atoms with Gasteiger partial charge < -0.3 is 9.47 Å². The van der Waals surface area contributed by atoms with Gasteiger partial charge in [-0.15, -0.1) is 0 Å². The second-order valence-electron chi connectivity index (χ2n) is 5.95. The third-order valence-electron chi connectivity index (χ3n) is 3.99. The monoisotopic (exact) mass is 326 g/mol. The van der Waals surface area contributed by atoms with Crippen molar-refractivity contribution in [3.05, 3.63) is 0 Å². The van der Waals surface area contributed by atoms with E-state index < -0.39 is 24.3 Å². The van der Waals surface area contributed by atoms with E-state index in [1.807, 2.05) is 0 Å². The van der Waals surface area contributed by atoms with Crippen LogP contribution >= 0.6 is 0 Å². The van der Waals surface area contributed by atoms with E-state index in [0.29, 0.717) is 19.6 Å². The molecule has 0 aliphatic rings. The van der Waals surface area contributed by atoms with E-state index in [1.165, 1.54) is 12.8 Å². The van der Waals surface area contributed by atoms with Gasteiger partial charge in [0.25, 0.3) is 0 Å². The van der Waals surface area contributed by atoms with Crippen molar-refractivity contribution in [2.45, 2.75) is 91.0 Å². The van der Waals surface area contributed by atoms with Crippen molar-refractivity contribution < 1.29 is 22.6 Å². The number of alkyl halides is 3. The highest BCUT2D eigenvalue weighted by atomic mass is 19.4. The lowest BCUT2D eigenvalue weighted by atomic mass is 9.89. The second-order valence-corrected chi connectivity index (χ2v) is 5.95. The zero-order chi connectivity index (χ0) is 17.1. The first-order valence-corrected chi connectivity index (χ1v) is 8.63. The predicted molar refractivity (Wildman–Crippen MR) is 83.8 cm³/mol. The number of hydrogen-bond donors (Lipinski definition) is 0. The first-order valence-electron chi connectivity index (χ1n) is 8.63. The molecule has 0 fully saturated rings. The topological polar surface area (TPSA) is 18.5 Å². The summed E-state index contributed by atoms with van der Waals surface area (Å²) in [5.41, 5.74) is 0. The molecule has 0 aromatic carbocycles. The highest BCUT2D eigenvalue weighted by Gasteiger charge is 2.42. The first kappa shape index (κ1) is 21.7. The van der Waals surface area contributed by atoms with Crippen molar-refractivity contribution in [2.75, 3.05) is 13.2 Å². The van der Waals surface area contributed by atoms with Crippen LogP contribution in [0.5, 0.6) is 0 Å².